The first-order valence-electron chi connectivity index (χ1n) is 7.51. The first-order chi connectivity index (χ1) is 9.67. The van der Waals surface area contributed by atoms with Crippen LogP contribution in [0, 0.1) is 5.82 Å². The van der Waals surface area contributed by atoms with Crippen molar-refractivity contribution in [2.75, 3.05) is 26.2 Å². The molecule has 0 aliphatic carbocycles. The Morgan fingerprint density at radius 2 is 1.95 bits per heavy atom. The Morgan fingerprint density at radius 3 is 2.55 bits per heavy atom. The van der Waals surface area contributed by atoms with Crippen LogP contribution in [0.2, 0.25) is 0 Å². The van der Waals surface area contributed by atoms with E-state index in [-0.39, 0.29) is 18.5 Å². The van der Waals surface area contributed by atoms with E-state index in [1.54, 1.807) is 0 Å². The lowest BCUT2D eigenvalue weighted by Gasteiger charge is -2.33. The fourth-order valence-corrected chi connectivity index (χ4v) is 2.72. The maximum absolute atomic E-state index is 12.8. The lowest BCUT2D eigenvalue weighted by atomic mass is 10.0. The van der Waals surface area contributed by atoms with Crippen molar-refractivity contribution in [2.45, 2.75) is 38.3 Å². The summed E-state index contributed by atoms with van der Waals surface area (Å²) in [6.07, 6.45) is 3.24. The predicted molar refractivity (Wildman–Crippen MR) is 79.2 cm³/mol. The van der Waals surface area contributed by atoms with Gasteiger partial charge in [0.05, 0.1) is 6.61 Å². The summed E-state index contributed by atoms with van der Waals surface area (Å²) in [5.74, 6) is -0.168. The third-order valence-electron chi connectivity index (χ3n) is 4.01. The van der Waals surface area contributed by atoms with Gasteiger partial charge in [0.1, 0.15) is 5.82 Å². The number of halogens is 1. The average Bonchev–Trinajstić information content (AvgIpc) is 2.48. The van der Waals surface area contributed by atoms with Crippen molar-refractivity contribution < 1.29 is 9.50 Å². The smallest absolute Gasteiger partial charge is 0.123 e. The Balaban J connectivity index is 1.68. The van der Waals surface area contributed by atoms with Crippen molar-refractivity contribution in [3.8, 4) is 0 Å². The van der Waals surface area contributed by atoms with Gasteiger partial charge in [0.15, 0.2) is 0 Å². The third-order valence-corrected chi connectivity index (χ3v) is 4.01. The first kappa shape index (κ1) is 15.4. The second-order valence-electron chi connectivity index (χ2n) is 5.74. The molecule has 0 aromatic heterocycles. The molecule has 1 heterocycles. The second-order valence-corrected chi connectivity index (χ2v) is 5.74. The van der Waals surface area contributed by atoms with Gasteiger partial charge in [-0.3, -0.25) is 0 Å². The van der Waals surface area contributed by atoms with Gasteiger partial charge in [-0.2, -0.15) is 0 Å². The van der Waals surface area contributed by atoms with Gasteiger partial charge >= 0.3 is 0 Å². The summed E-state index contributed by atoms with van der Waals surface area (Å²) < 4.78 is 12.8. The highest BCUT2D eigenvalue weighted by Crippen LogP contribution is 2.12. The number of benzene rings is 1. The normalized spacial score (nSPS) is 19.1. The largest absolute Gasteiger partial charge is 0.395 e. The van der Waals surface area contributed by atoms with E-state index >= 15 is 0 Å². The molecule has 2 rings (SSSR count). The molecule has 4 heteroatoms. The topological polar surface area (TPSA) is 35.5 Å². The van der Waals surface area contributed by atoms with E-state index < -0.39 is 0 Å². The molecule has 0 amide bonds. The SMILES string of the molecule is C[C@H](CO)NC1CCN(CCc2ccc(F)cc2)CC1. The number of rotatable bonds is 6. The van der Waals surface area contributed by atoms with Gasteiger partial charge in [0, 0.05) is 18.6 Å². The zero-order valence-electron chi connectivity index (χ0n) is 12.2. The van der Waals surface area contributed by atoms with Crippen LogP contribution in [0.25, 0.3) is 0 Å². The van der Waals surface area contributed by atoms with Gasteiger partial charge in [-0.15, -0.1) is 0 Å². The fourth-order valence-electron chi connectivity index (χ4n) is 2.72. The summed E-state index contributed by atoms with van der Waals surface area (Å²) >= 11 is 0. The van der Waals surface area contributed by atoms with Gasteiger partial charge in [0.25, 0.3) is 0 Å². The zero-order chi connectivity index (χ0) is 14.4. The Labute approximate surface area is 120 Å². The van der Waals surface area contributed by atoms with Crippen LogP contribution < -0.4 is 5.32 Å². The molecule has 1 aliphatic heterocycles. The summed E-state index contributed by atoms with van der Waals surface area (Å²) in [6.45, 7) is 5.44. The van der Waals surface area contributed by atoms with Gasteiger partial charge in [-0.05, 0) is 57.0 Å². The van der Waals surface area contributed by atoms with Crippen LogP contribution in [0.3, 0.4) is 0 Å². The molecule has 1 aliphatic rings. The molecule has 0 unspecified atom stereocenters. The van der Waals surface area contributed by atoms with Crippen molar-refractivity contribution in [1.29, 1.82) is 0 Å². The number of aliphatic hydroxyl groups excluding tert-OH is 1. The monoisotopic (exact) mass is 280 g/mol. The van der Waals surface area contributed by atoms with Crippen molar-refractivity contribution in [1.82, 2.24) is 10.2 Å². The van der Waals surface area contributed by atoms with E-state index in [0.29, 0.717) is 6.04 Å². The molecule has 1 atom stereocenters. The molecule has 1 aromatic carbocycles. The van der Waals surface area contributed by atoms with Crippen LogP contribution in [0.5, 0.6) is 0 Å². The lowest BCUT2D eigenvalue weighted by molar-refractivity contribution is 0.177. The molecule has 0 radical (unpaired) electrons. The molecule has 0 bridgehead atoms. The van der Waals surface area contributed by atoms with E-state index in [2.05, 4.69) is 10.2 Å². The van der Waals surface area contributed by atoms with Gasteiger partial charge in [0.2, 0.25) is 0 Å². The minimum absolute atomic E-state index is 0.168. The summed E-state index contributed by atoms with van der Waals surface area (Å²) in [5.41, 5.74) is 1.19. The summed E-state index contributed by atoms with van der Waals surface area (Å²) in [6, 6.07) is 7.51. The summed E-state index contributed by atoms with van der Waals surface area (Å²) in [5, 5.41) is 12.5. The quantitative estimate of drug-likeness (QED) is 0.834. The Bertz CT molecular complexity index is 388. The van der Waals surface area contributed by atoms with Gasteiger partial charge < -0.3 is 15.3 Å². The van der Waals surface area contributed by atoms with E-state index in [4.69, 9.17) is 5.11 Å². The zero-order valence-corrected chi connectivity index (χ0v) is 12.2. The molecule has 1 aromatic rings. The predicted octanol–water partition coefficient (Wildman–Crippen LogP) is 1.80. The van der Waals surface area contributed by atoms with E-state index in [0.717, 1.165) is 38.9 Å². The number of hydrogen-bond donors (Lipinski definition) is 2. The second kappa shape index (κ2) is 7.72. The first-order valence-corrected chi connectivity index (χ1v) is 7.51. The Kier molecular flexibility index (Phi) is 5.95. The highest BCUT2D eigenvalue weighted by molar-refractivity contribution is 5.16. The Hall–Kier alpha value is -0.970. The molecule has 20 heavy (non-hydrogen) atoms. The highest BCUT2D eigenvalue weighted by Gasteiger charge is 2.19. The number of nitrogens with zero attached hydrogens (tertiary/aromatic N) is 1. The van der Waals surface area contributed by atoms with Crippen LogP contribution in [0.15, 0.2) is 24.3 Å². The van der Waals surface area contributed by atoms with Crippen molar-refractivity contribution in [3.63, 3.8) is 0 Å². The van der Waals surface area contributed by atoms with Gasteiger partial charge in [-0.25, -0.2) is 4.39 Å². The molecule has 0 spiro atoms. The standard InChI is InChI=1S/C16H25FN2O/c1-13(12-20)18-16-7-10-19(11-8-16)9-6-14-2-4-15(17)5-3-14/h2-5,13,16,18,20H,6-12H2,1H3/t13-/m1/s1. The molecular formula is C16H25FN2O. The van der Waals surface area contributed by atoms with Crippen molar-refractivity contribution in [2.24, 2.45) is 0 Å². The van der Waals surface area contributed by atoms with Crippen LogP contribution in [-0.4, -0.2) is 48.3 Å². The van der Waals surface area contributed by atoms with Crippen LogP contribution in [0.1, 0.15) is 25.3 Å². The van der Waals surface area contributed by atoms with Crippen LogP contribution in [0.4, 0.5) is 4.39 Å². The van der Waals surface area contributed by atoms with E-state index in [9.17, 15) is 4.39 Å². The molecule has 1 saturated heterocycles. The molecule has 3 nitrogen and oxygen atoms in total. The molecule has 1 fully saturated rings. The van der Waals surface area contributed by atoms with E-state index in [1.807, 2.05) is 19.1 Å². The number of piperidine rings is 1. The minimum Gasteiger partial charge on any atom is -0.395 e. The number of aliphatic hydroxyl groups is 1. The van der Waals surface area contributed by atoms with Crippen LogP contribution >= 0.6 is 0 Å². The number of nitrogens with one attached hydrogen (secondary N) is 1. The maximum atomic E-state index is 12.8. The number of likely N-dealkylation sites (tertiary alicyclic amines) is 1. The molecule has 112 valence electrons. The van der Waals surface area contributed by atoms with Gasteiger partial charge in [-0.1, -0.05) is 12.1 Å². The number of hydrogen-bond acceptors (Lipinski definition) is 3. The maximum Gasteiger partial charge on any atom is 0.123 e. The van der Waals surface area contributed by atoms with Crippen LogP contribution in [-0.2, 0) is 6.42 Å². The Morgan fingerprint density at radius 1 is 1.30 bits per heavy atom. The fraction of sp³-hybridized carbons (Fsp3) is 0.625. The van der Waals surface area contributed by atoms with Crippen molar-refractivity contribution >= 4 is 0 Å². The molecule has 0 saturated carbocycles. The minimum atomic E-state index is -0.168. The highest BCUT2D eigenvalue weighted by atomic mass is 19.1. The summed E-state index contributed by atoms with van der Waals surface area (Å²) in [7, 11) is 0. The third kappa shape index (κ3) is 4.85. The summed E-state index contributed by atoms with van der Waals surface area (Å²) in [4.78, 5) is 2.46. The van der Waals surface area contributed by atoms with Crippen molar-refractivity contribution in [3.05, 3.63) is 35.6 Å². The molecule has 2 N–H and O–H groups in total. The van der Waals surface area contributed by atoms with E-state index in [1.165, 1.54) is 17.7 Å². The molecular weight excluding hydrogens is 255 g/mol. The lowest BCUT2D eigenvalue weighted by Crippen LogP contribution is -2.46. The average molecular weight is 280 g/mol.